The molecule has 0 atom stereocenters. The standard InChI is InChI=1S/C17H18N2O4S2/c18-16(21)15-12-8-4-5-9-13(12)24-17(15)19-14(20)10-25(22,23)11-6-2-1-3-7-11/h1-3,6-7H,4-5,8-10H2,(H2,18,21)(H,19,20). The molecule has 0 fully saturated rings. The number of amides is 2. The van der Waals surface area contributed by atoms with Crippen molar-refractivity contribution in [1.29, 1.82) is 0 Å². The van der Waals surface area contributed by atoms with Crippen molar-refractivity contribution in [2.24, 2.45) is 5.73 Å². The van der Waals surface area contributed by atoms with Crippen molar-refractivity contribution in [2.45, 2.75) is 30.6 Å². The van der Waals surface area contributed by atoms with Crippen LogP contribution in [0.4, 0.5) is 5.00 Å². The van der Waals surface area contributed by atoms with Crippen LogP contribution in [0.2, 0.25) is 0 Å². The van der Waals surface area contributed by atoms with Gasteiger partial charge in [-0.3, -0.25) is 9.59 Å². The van der Waals surface area contributed by atoms with Crippen molar-refractivity contribution in [3.8, 4) is 0 Å². The van der Waals surface area contributed by atoms with Gasteiger partial charge in [0.1, 0.15) is 10.8 Å². The number of carbonyl (C=O) groups is 2. The fourth-order valence-corrected chi connectivity index (χ4v) is 5.43. The Morgan fingerprint density at radius 1 is 1.12 bits per heavy atom. The lowest BCUT2D eigenvalue weighted by Gasteiger charge is -2.11. The Hall–Kier alpha value is -2.19. The third-order valence-corrected chi connectivity index (χ3v) is 6.93. The SMILES string of the molecule is NC(=O)c1c(NC(=O)CS(=O)(=O)c2ccccc2)sc2c1CCCC2. The monoisotopic (exact) mass is 378 g/mol. The molecule has 2 aromatic rings. The minimum absolute atomic E-state index is 0.0887. The van der Waals surface area contributed by atoms with E-state index in [1.54, 1.807) is 18.2 Å². The van der Waals surface area contributed by atoms with Crippen LogP contribution in [0.3, 0.4) is 0 Å². The number of nitrogens with two attached hydrogens (primary N) is 1. The van der Waals surface area contributed by atoms with Crippen molar-refractivity contribution >= 4 is 38.0 Å². The zero-order valence-electron chi connectivity index (χ0n) is 13.4. The van der Waals surface area contributed by atoms with Gasteiger partial charge in [-0.25, -0.2) is 8.42 Å². The smallest absolute Gasteiger partial charge is 0.251 e. The van der Waals surface area contributed by atoms with Crippen LogP contribution in [0.25, 0.3) is 0 Å². The van der Waals surface area contributed by atoms with Crippen LogP contribution < -0.4 is 11.1 Å². The van der Waals surface area contributed by atoms with E-state index in [9.17, 15) is 18.0 Å². The van der Waals surface area contributed by atoms with Crippen molar-refractivity contribution in [1.82, 2.24) is 0 Å². The van der Waals surface area contributed by atoms with Gasteiger partial charge in [0.25, 0.3) is 5.91 Å². The molecule has 1 aliphatic rings. The second-order valence-corrected chi connectivity index (χ2v) is 8.99. The summed E-state index contributed by atoms with van der Waals surface area (Å²) in [6.45, 7) is 0. The first-order valence-corrected chi connectivity index (χ1v) is 10.4. The molecule has 0 aliphatic heterocycles. The molecule has 132 valence electrons. The summed E-state index contributed by atoms with van der Waals surface area (Å²) in [5, 5.41) is 2.93. The van der Waals surface area contributed by atoms with E-state index >= 15 is 0 Å². The van der Waals surface area contributed by atoms with E-state index < -0.39 is 27.4 Å². The summed E-state index contributed by atoms with van der Waals surface area (Å²) in [6, 6.07) is 7.80. The van der Waals surface area contributed by atoms with Gasteiger partial charge in [0.05, 0.1) is 10.5 Å². The van der Waals surface area contributed by atoms with Gasteiger partial charge in [0.2, 0.25) is 5.91 Å². The summed E-state index contributed by atoms with van der Waals surface area (Å²) in [7, 11) is -3.74. The maximum absolute atomic E-state index is 12.3. The molecule has 3 rings (SSSR count). The van der Waals surface area contributed by atoms with Gasteiger partial charge in [0, 0.05) is 4.88 Å². The summed E-state index contributed by atoms with van der Waals surface area (Å²) in [4.78, 5) is 25.2. The Balaban J connectivity index is 1.82. The van der Waals surface area contributed by atoms with Crippen LogP contribution in [0.15, 0.2) is 35.2 Å². The van der Waals surface area contributed by atoms with Crippen LogP contribution in [0.5, 0.6) is 0 Å². The molecule has 1 heterocycles. The Labute approximate surface area is 150 Å². The second kappa shape index (κ2) is 6.97. The molecule has 0 saturated heterocycles. The van der Waals surface area contributed by atoms with Crippen molar-refractivity contribution in [3.63, 3.8) is 0 Å². The molecule has 0 bridgehead atoms. The van der Waals surface area contributed by atoms with E-state index in [-0.39, 0.29) is 4.90 Å². The molecule has 1 aromatic carbocycles. The molecule has 8 heteroatoms. The lowest BCUT2D eigenvalue weighted by Crippen LogP contribution is -2.24. The molecule has 3 N–H and O–H groups in total. The lowest BCUT2D eigenvalue weighted by atomic mass is 9.95. The Morgan fingerprint density at radius 3 is 2.48 bits per heavy atom. The first-order valence-electron chi connectivity index (χ1n) is 7.90. The summed E-state index contributed by atoms with van der Waals surface area (Å²) in [5.41, 5.74) is 6.69. The Bertz CT molecular complexity index is 918. The zero-order chi connectivity index (χ0) is 18.0. The first-order chi connectivity index (χ1) is 11.9. The van der Waals surface area contributed by atoms with Crippen LogP contribution in [0, 0.1) is 0 Å². The molecule has 2 amide bonds. The van der Waals surface area contributed by atoms with E-state index in [1.807, 2.05) is 0 Å². The number of fused-ring (bicyclic) bond motifs is 1. The largest absolute Gasteiger partial charge is 0.365 e. The van der Waals surface area contributed by atoms with Crippen molar-refractivity contribution < 1.29 is 18.0 Å². The number of hydrogen-bond donors (Lipinski definition) is 2. The topological polar surface area (TPSA) is 106 Å². The third kappa shape index (κ3) is 3.74. The van der Waals surface area contributed by atoms with Crippen LogP contribution in [0.1, 0.15) is 33.6 Å². The molecule has 1 aliphatic carbocycles. The van der Waals surface area contributed by atoms with Gasteiger partial charge < -0.3 is 11.1 Å². The number of hydrogen-bond acceptors (Lipinski definition) is 5. The summed E-state index contributed by atoms with van der Waals surface area (Å²) >= 11 is 1.31. The molecule has 6 nitrogen and oxygen atoms in total. The number of rotatable bonds is 5. The van der Waals surface area contributed by atoms with Gasteiger partial charge in [-0.05, 0) is 43.4 Å². The van der Waals surface area contributed by atoms with Gasteiger partial charge in [0.15, 0.2) is 9.84 Å². The quantitative estimate of drug-likeness (QED) is 0.831. The molecule has 25 heavy (non-hydrogen) atoms. The maximum atomic E-state index is 12.3. The minimum atomic E-state index is -3.74. The highest BCUT2D eigenvalue weighted by atomic mass is 32.2. The molecule has 0 saturated carbocycles. The highest BCUT2D eigenvalue weighted by molar-refractivity contribution is 7.92. The predicted molar refractivity (Wildman–Crippen MR) is 96.6 cm³/mol. The van der Waals surface area contributed by atoms with Crippen molar-refractivity contribution in [2.75, 3.05) is 11.1 Å². The summed E-state index contributed by atoms with van der Waals surface area (Å²) in [5.74, 6) is -1.96. The molecular formula is C17H18N2O4S2. The minimum Gasteiger partial charge on any atom is -0.365 e. The van der Waals surface area contributed by atoms with Gasteiger partial charge in [-0.1, -0.05) is 18.2 Å². The van der Waals surface area contributed by atoms with E-state index in [1.165, 1.54) is 23.5 Å². The number of sulfone groups is 1. The van der Waals surface area contributed by atoms with Gasteiger partial charge >= 0.3 is 0 Å². The summed E-state index contributed by atoms with van der Waals surface area (Å²) < 4.78 is 24.6. The van der Waals surface area contributed by atoms with Crippen LogP contribution in [-0.4, -0.2) is 26.0 Å². The maximum Gasteiger partial charge on any atom is 0.251 e. The van der Waals surface area contributed by atoms with Gasteiger partial charge in [-0.15, -0.1) is 11.3 Å². The normalized spacial score (nSPS) is 13.9. The van der Waals surface area contributed by atoms with Crippen LogP contribution >= 0.6 is 11.3 Å². The fourth-order valence-electron chi connectivity index (χ4n) is 2.96. The Kier molecular flexibility index (Phi) is 4.91. The third-order valence-electron chi connectivity index (χ3n) is 4.09. The number of nitrogens with one attached hydrogen (secondary N) is 1. The second-order valence-electron chi connectivity index (χ2n) is 5.90. The molecule has 0 unspecified atom stereocenters. The average Bonchev–Trinajstić information content (AvgIpc) is 2.92. The summed E-state index contributed by atoms with van der Waals surface area (Å²) in [6.07, 6.45) is 3.60. The van der Waals surface area contributed by atoms with E-state index in [2.05, 4.69) is 5.32 Å². The molecule has 0 radical (unpaired) electrons. The van der Waals surface area contributed by atoms with Crippen molar-refractivity contribution in [3.05, 3.63) is 46.3 Å². The predicted octanol–water partition coefficient (Wildman–Crippen LogP) is 2.14. The fraction of sp³-hybridized carbons (Fsp3) is 0.294. The number of carbonyl (C=O) groups excluding carboxylic acids is 2. The van der Waals surface area contributed by atoms with E-state index in [0.717, 1.165) is 36.1 Å². The van der Waals surface area contributed by atoms with Gasteiger partial charge in [-0.2, -0.15) is 0 Å². The average molecular weight is 378 g/mol. The number of anilines is 1. The number of aryl methyl sites for hydroxylation is 1. The molecule has 0 spiro atoms. The highest BCUT2D eigenvalue weighted by Gasteiger charge is 2.26. The number of thiophene rings is 1. The van der Waals surface area contributed by atoms with E-state index in [0.29, 0.717) is 10.6 Å². The highest BCUT2D eigenvalue weighted by Crippen LogP contribution is 2.37. The lowest BCUT2D eigenvalue weighted by molar-refractivity contribution is -0.113. The first kappa shape index (κ1) is 17.6. The van der Waals surface area contributed by atoms with E-state index in [4.69, 9.17) is 5.73 Å². The molecule has 1 aromatic heterocycles. The number of primary amides is 1. The molecular weight excluding hydrogens is 360 g/mol. The number of benzene rings is 1. The van der Waals surface area contributed by atoms with Crippen LogP contribution in [-0.2, 0) is 27.5 Å². The Morgan fingerprint density at radius 2 is 1.80 bits per heavy atom. The zero-order valence-corrected chi connectivity index (χ0v) is 15.1.